The number of aryl methyl sites for hydroxylation is 1. The standard InChI is InChI=1S/C8H10N2OS/c1-6-3-2-4-10-8(6)12-5-7(9)11/h2-4H,5H2,1H3,(H2,9,11). The second-order valence-corrected chi connectivity index (χ2v) is 3.34. The fraction of sp³-hybridized carbons (Fsp3) is 0.250. The smallest absolute Gasteiger partial charge is 0.227 e. The Bertz CT molecular complexity index is 288. The van der Waals surface area contributed by atoms with E-state index < -0.39 is 0 Å². The highest BCUT2D eigenvalue weighted by Crippen LogP contribution is 2.17. The molecule has 1 rings (SSSR count). The maximum Gasteiger partial charge on any atom is 0.227 e. The summed E-state index contributed by atoms with van der Waals surface area (Å²) in [4.78, 5) is 14.6. The Hall–Kier alpha value is -1.03. The van der Waals surface area contributed by atoms with Gasteiger partial charge in [0.2, 0.25) is 5.91 Å². The largest absolute Gasteiger partial charge is 0.369 e. The number of rotatable bonds is 3. The third kappa shape index (κ3) is 2.54. The van der Waals surface area contributed by atoms with E-state index in [1.807, 2.05) is 19.1 Å². The van der Waals surface area contributed by atoms with Crippen molar-refractivity contribution in [1.82, 2.24) is 4.98 Å². The van der Waals surface area contributed by atoms with Crippen molar-refractivity contribution in [3.05, 3.63) is 23.9 Å². The number of primary amides is 1. The molecule has 0 bridgehead atoms. The van der Waals surface area contributed by atoms with Gasteiger partial charge in [-0.05, 0) is 18.6 Å². The Kier molecular flexibility index (Phi) is 3.10. The number of hydrogen-bond acceptors (Lipinski definition) is 3. The average molecular weight is 182 g/mol. The van der Waals surface area contributed by atoms with E-state index in [0.29, 0.717) is 0 Å². The van der Waals surface area contributed by atoms with E-state index in [2.05, 4.69) is 4.98 Å². The fourth-order valence-electron chi connectivity index (χ4n) is 0.762. The Morgan fingerprint density at radius 3 is 3.08 bits per heavy atom. The van der Waals surface area contributed by atoms with Crippen molar-refractivity contribution in [1.29, 1.82) is 0 Å². The van der Waals surface area contributed by atoms with Crippen molar-refractivity contribution in [2.75, 3.05) is 5.75 Å². The van der Waals surface area contributed by atoms with Crippen molar-refractivity contribution in [2.24, 2.45) is 5.73 Å². The summed E-state index contributed by atoms with van der Waals surface area (Å²) < 4.78 is 0. The van der Waals surface area contributed by atoms with E-state index in [1.54, 1.807) is 6.20 Å². The number of thioether (sulfide) groups is 1. The van der Waals surface area contributed by atoms with Gasteiger partial charge < -0.3 is 5.73 Å². The average Bonchev–Trinajstić information content (AvgIpc) is 2.03. The van der Waals surface area contributed by atoms with Gasteiger partial charge in [-0.2, -0.15) is 0 Å². The van der Waals surface area contributed by atoms with E-state index in [0.717, 1.165) is 10.6 Å². The maximum absolute atomic E-state index is 10.5. The highest BCUT2D eigenvalue weighted by atomic mass is 32.2. The highest BCUT2D eigenvalue weighted by molar-refractivity contribution is 7.99. The zero-order valence-corrected chi connectivity index (χ0v) is 7.60. The van der Waals surface area contributed by atoms with Crippen molar-refractivity contribution >= 4 is 17.7 Å². The third-order valence-electron chi connectivity index (χ3n) is 1.31. The van der Waals surface area contributed by atoms with E-state index in [1.165, 1.54) is 11.8 Å². The Morgan fingerprint density at radius 2 is 2.50 bits per heavy atom. The van der Waals surface area contributed by atoms with Gasteiger partial charge in [0.15, 0.2) is 0 Å². The summed E-state index contributed by atoms with van der Waals surface area (Å²) >= 11 is 1.37. The number of hydrogen-bond donors (Lipinski definition) is 1. The minimum absolute atomic E-state index is 0.290. The van der Waals surface area contributed by atoms with Crippen LogP contribution in [0.1, 0.15) is 5.56 Å². The first-order valence-electron chi connectivity index (χ1n) is 3.53. The van der Waals surface area contributed by atoms with Crippen LogP contribution < -0.4 is 5.73 Å². The molecule has 1 aromatic rings. The molecule has 1 heterocycles. The van der Waals surface area contributed by atoms with Gasteiger partial charge in [-0.15, -0.1) is 0 Å². The van der Waals surface area contributed by atoms with Gasteiger partial charge in [-0.3, -0.25) is 4.79 Å². The van der Waals surface area contributed by atoms with Crippen LogP contribution in [0.25, 0.3) is 0 Å². The molecule has 0 saturated carbocycles. The van der Waals surface area contributed by atoms with Crippen molar-refractivity contribution in [3.8, 4) is 0 Å². The minimum atomic E-state index is -0.315. The first-order chi connectivity index (χ1) is 5.70. The number of carbonyl (C=O) groups is 1. The molecule has 0 aliphatic heterocycles. The number of pyridine rings is 1. The SMILES string of the molecule is Cc1cccnc1SCC(N)=O. The second kappa shape index (κ2) is 4.11. The minimum Gasteiger partial charge on any atom is -0.369 e. The predicted molar refractivity (Wildman–Crippen MR) is 48.9 cm³/mol. The molecule has 1 aromatic heterocycles. The molecule has 1 amide bonds. The molecule has 0 fully saturated rings. The fourth-order valence-corrected chi connectivity index (χ4v) is 1.47. The summed E-state index contributed by atoms with van der Waals surface area (Å²) in [5.74, 6) is -0.0252. The van der Waals surface area contributed by atoms with Gasteiger partial charge in [0.05, 0.1) is 10.8 Å². The quantitative estimate of drug-likeness (QED) is 0.708. The predicted octanol–water partition coefficient (Wildman–Crippen LogP) is 0.967. The summed E-state index contributed by atoms with van der Waals surface area (Å²) in [7, 11) is 0. The van der Waals surface area contributed by atoms with Crippen LogP contribution >= 0.6 is 11.8 Å². The van der Waals surface area contributed by atoms with Gasteiger partial charge in [0.1, 0.15) is 0 Å². The maximum atomic E-state index is 10.5. The number of carbonyl (C=O) groups excluding carboxylic acids is 1. The number of nitrogens with two attached hydrogens (primary N) is 1. The molecule has 2 N–H and O–H groups in total. The molecule has 0 spiro atoms. The van der Waals surface area contributed by atoms with Gasteiger partial charge >= 0.3 is 0 Å². The van der Waals surface area contributed by atoms with Crippen LogP contribution in [-0.4, -0.2) is 16.6 Å². The summed E-state index contributed by atoms with van der Waals surface area (Å²) in [6.45, 7) is 1.95. The van der Waals surface area contributed by atoms with Gasteiger partial charge in [0.25, 0.3) is 0 Å². The van der Waals surface area contributed by atoms with E-state index >= 15 is 0 Å². The molecule has 4 heteroatoms. The zero-order valence-electron chi connectivity index (χ0n) is 6.78. The monoisotopic (exact) mass is 182 g/mol. The summed E-state index contributed by atoms with van der Waals surface area (Å²) in [6.07, 6.45) is 1.70. The van der Waals surface area contributed by atoms with Crippen molar-refractivity contribution in [2.45, 2.75) is 11.9 Å². The lowest BCUT2D eigenvalue weighted by Gasteiger charge is -2.00. The van der Waals surface area contributed by atoms with Crippen LogP contribution in [0.5, 0.6) is 0 Å². The summed E-state index contributed by atoms with van der Waals surface area (Å²) in [5, 5.41) is 0.872. The lowest BCUT2D eigenvalue weighted by molar-refractivity contribution is -0.115. The molecule has 0 radical (unpaired) electrons. The van der Waals surface area contributed by atoms with E-state index in [4.69, 9.17) is 5.73 Å². The molecule has 0 unspecified atom stereocenters. The Morgan fingerprint density at radius 1 is 1.75 bits per heavy atom. The molecular weight excluding hydrogens is 172 g/mol. The molecule has 3 nitrogen and oxygen atoms in total. The first kappa shape index (κ1) is 9.06. The topological polar surface area (TPSA) is 56.0 Å². The van der Waals surface area contributed by atoms with Crippen LogP contribution in [0.15, 0.2) is 23.4 Å². The third-order valence-corrected chi connectivity index (χ3v) is 2.44. The molecule has 0 aromatic carbocycles. The van der Waals surface area contributed by atoms with Crippen molar-refractivity contribution in [3.63, 3.8) is 0 Å². The second-order valence-electron chi connectivity index (χ2n) is 2.38. The van der Waals surface area contributed by atoms with Crippen LogP contribution in [-0.2, 0) is 4.79 Å². The summed E-state index contributed by atoms with van der Waals surface area (Å²) in [5.41, 5.74) is 6.08. The Balaban J connectivity index is 2.63. The molecule has 0 aliphatic carbocycles. The highest BCUT2D eigenvalue weighted by Gasteiger charge is 2.01. The van der Waals surface area contributed by atoms with Gasteiger partial charge in [-0.1, -0.05) is 17.8 Å². The number of aromatic nitrogens is 1. The van der Waals surface area contributed by atoms with E-state index in [9.17, 15) is 4.79 Å². The van der Waals surface area contributed by atoms with Crippen LogP contribution in [0.3, 0.4) is 0 Å². The lowest BCUT2D eigenvalue weighted by Crippen LogP contribution is -2.13. The molecule has 64 valence electrons. The number of nitrogens with zero attached hydrogens (tertiary/aromatic N) is 1. The van der Waals surface area contributed by atoms with E-state index in [-0.39, 0.29) is 11.7 Å². The molecule has 0 atom stereocenters. The lowest BCUT2D eigenvalue weighted by atomic mass is 10.3. The molecule has 0 saturated heterocycles. The zero-order chi connectivity index (χ0) is 8.97. The van der Waals surface area contributed by atoms with Crippen LogP contribution in [0.4, 0.5) is 0 Å². The Labute approximate surface area is 75.4 Å². The molecular formula is C8H10N2OS. The normalized spacial score (nSPS) is 9.75. The number of amides is 1. The van der Waals surface area contributed by atoms with Gasteiger partial charge in [-0.25, -0.2) is 4.98 Å². The van der Waals surface area contributed by atoms with Crippen molar-refractivity contribution < 1.29 is 4.79 Å². The summed E-state index contributed by atoms with van der Waals surface area (Å²) in [6, 6.07) is 3.82. The van der Waals surface area contributed by atoms with Gasteiger partial charge in [0, 0.05) is 6.20 Å². The first-order valence-corrected chi connectivity index (χ1v) is 4.51. The molecule has 0 aliphatic rings. The van der Waals surface area contributed by atoms with Crippen LogP contribution in [0, 0.1) is 6.92 Å². The van der Waals surface area contributed by atoms with Crippen LogP contribution in [0.2, 0.25) is 0 Å². The molecule has 12 heavy (non-hydrogen) atoms.